The number of benzene rings is 2. The van der Waals surface area contributed by atoms with Crippen molar-refractivity contribution in [3.05, 3.63) is 59.9 Å². The molecule has 2 aromatic rings. The van der Waals surface area contributed by atoms with E-state index in [-0.39, 0.29) is 30.7 Å². The molecule has 0 spiro atoms. The number of amides is 2. The first-order valence-electron chi connectivity index (χ1n) is 7.09. The first-order chi connectivity index (χ1) is 11.1. The highest BCUT2D eigenvalue weighted by atomic mass is 19.1. The van der Waals surface area contributed by atoms with Gasteiger partial charge in [0.2, 0.25) is 5.91 Å². The van der Waals surface area contributed by atoms with E-state index < -0.39 is 5.82 Å². The molecule has 0 aliphatic carbocycles. The molecule has 0 radical (unpaired) electrons. The van der Waals surface area contributed by atoms with Gasteiger partial charge >= 0.3 is 0 Å². The van der Waals surface area contributed by atoms with Crippen molar-refractivity contribution in [3.63, 3.8) is 0 Å². The highest BCUT2D eigenvalue weighted by Crippen LogP contribution is 2.15. The zero-order valence-electron chi connectivity index (χ0n) is 12.6. The second-order valence-corrected chi connectivity index (χ2v) is 4.80. The summed E-state index contributed by atoms with van der Waals surface area (Å²) in [6.45, 7) is 1.78. The van der Waals surface area contributed by atoms with E-state index in [2.05, 4.69) is 10.6 Å². The summed E-state index contributed by atoms with van der Waals surface area (Å²) in [5.74, 6) is -0.800. The number of carbonyl (C=O) groups is 2. The summed E-state index contributed by atoms with van der Waals surface area (Å²) in [7, 11) is 0. The van der Waals surface area contributed by atoms with Crippen LogP contribution in [0.2, 0.25) is 0 Å². The number of anilines is 1. The second kappa shape index (κ2) is 7.93. The maximum absolute atomic E-state index is 13.3. The summed E-state index contributed by atoms with van der Waals surface area (Å²) in [5, 5.41) is 5.28. The van der Waals surface area contributed by atoms with Gasteiger partial charge in [0.25, 0.3) is 5.91 Å². The minimum Gasteiger partial charge on any atom is -0.489 e. The molecule has 0 unspecified atom stereocenters. The van der Waals surface area contributed by atoms with E-state index >= 15 is 0 Å². The van der Waals surface area contributed by atoms with Gasteiger partial charge in [-0.1, -0.05) is 18.2 Å². The molecular formula is C17H17FN2O3. The van der Waals surface area contributed by atoms with Crippen LogP contribution in [-0.2, 0) is 4.79 Å². The Balaban J connectivity index is 1.83. The van der Waals surface area contributed by atoms with Crippen molar-refractivity contribution in [2.75, 3.05) is 18.5 Å². The fraction of sp³-hybridized carbons (Fsp3) is 0.176. The van der Waals surface area contributed by atoms with Gasteiger partial charge in [-0.2, -0.15) is 0 Å². The van der Waals surface area contributed by atoms with Gasteiger partial charge < -0.3 is 15.4 Å². The fourth-order valence-corrected chi connectivity index (χ4v) is 1.93. The molecule has 23 heavy (non-hydrogen) atoms. The van der Waals surface area contributed by atoms with Crippen LogP contribution in [0.3, 0.4) is 0 Å². The van der Waals surface area contributed by atoms with Gasteiger partial charge in [-0.15, -0.1) is 0 Å². The average Bonchev–Trinajstić information content (AvgIpc) is 2.52. The zero-order valence-corrected chi connectivity index (χ0v) is 12.6. The highest BCUT2D eigenvalue weighted by Gasteiger charge is 2.07. The lowest BCUT2D eigenvalue weighted by atomic mass is 10.2. The zero-order chi connectivity index (χ0) is 16.7. The van der Waals surface area contributed by atoms with Crippen molar-refractivity contribution in [2.45, 2.75) is 6.92 Å². The molecule has 120 valence electrons. The van der Waals surface area contributed by atoms with Gasteiger partial charge in [0, 0.05) is 18.2 Å². The van der Waals surface area contributed by atoms with Gasteiger partial charge in [-0.3, -0.25) is 9.59 Å². The first kappa shape index (κ1) is 16.5. The maximum Gasteiger partial charge on any atom is 0.251 e. The van der Waals surface area contributed by atoms with Crippen LogP contribution in [-0.4, -0.2) is 25.0 Å². The molecule has 2 rings (SSSR count). The molecule has 2 aromatic carbocycles. The average molecular weight is 316 g/mol. The van der Waals surface area contributed by atoms with Gasteiger partial charge in [0.05, 0.1) is 6.54 Å². The number of hydrogen-bond acceptors (Lipinski definition) is 3. The Labute approximate surface area is 133 Å². The largest absolute Gasteiger partial charge is 0.489 e. The van der Waals surface area contributed by atoms with Crippen LogP contribution >= 0.6 is 0 Å². The van der Waals surface area contributed by atoms with Crippen molar-refractivity contribution in [1.29, 1.82) is 0 Å². The van der Waals surface area contributed by atoms with Crippen LogP contribution in [0.25, 0.3) is 0 Å². The van der Waals surface area contributed by atoms with Gasteiger partial charge in [-0.05, 0) is 30.3 Å². The number of ether oxygens (including phenoxy) is 1. The van der Waals surface area contributed by atoms with E-state index in [4.69, 9.17) is 4.74 Å². The molecule has 0 atom stereocenters. The molecular weight excluding hydrogens is 299 g/mol. The molecule has 0 heterocycles. The molecule has 5 nitrogen and oxygen atoms in total. The Morgan fingerprint density at radius 3 is 2.65 bits per heavy atom. The highest BCUT2D eigenvalue weighted by molar-refractivity contribution is 5.96. The molecule has 0 saturated heterocycles. The summed E-state index contributed by atoms with van der Waals surface area (Å²) in [5.41, 5.74) is 0.967. The van der Waals surface area contributed by atoms with Crippen molar-refractivity contribution in [3.8, 4) is 5.75 Å². The quantitative estimate of drug-likeness (QED) is 0.805. The van der Waals surface area contributed by atoms with Crippen LogP contribution in [0.4, 0.5) is 10.1 Å². The topological polar surface area (TPSA) is 67.4 Å². The van der Waals surface area contributed by atoms with Crippen LogP contribution in [0, 0.1) is 5.82 Å². The Bertz CT molecular complexity index is 704. The summed E-state index contributed by atoms with van der Waals surface area (Å²) >= 11 is 0. The normalized spacial score (nSPS) is 10.0. The molecule has 0 saturated carbocycles. The summed E-state index contributed by atoms with van der Waals surface area (Å²) in [6, 6.07) is 12.7. The number of nitrogens with one attached hydrogen (secondary N) is 2. The van der Waals surface area contributed by atoms with E-state index in [0.717, 1.165) is 0 Å². The van der Waals surface area contributed by atoms with Gasteiger partial charge in [0.15, 0.2) is 11.6 Å². The van der Waals surface area contributed by atoms with Crippen LogP contribution < -0.4 is 15.4 Å². The monoisotopic (exact) mass is 316 g/mol. The molecule has 2 amide bonds. The summed E-state index contributed by atoms with van der Waals surface area (Å²) < 4.78 is 18.6. The van der Waals surface area contributed by atoms with Crippen LogP contribution in [0.15, 0.2) is 48.5 Å². The minimum absolute atomic E-state index is 0.148. The Hall–Kier alpha value is -2.89. The van der Waals surface area contributed by atoms with Crippen molar-refractivity contribution < 1.29 is 18.7 Å². The maximum atomic E-state index is 13.3. The van der Waals surface area contributed by atoms with Crippen molar-refractivity contribution in [2.24, 2.45) is 0 Å². The summed E-state index contributed by atoms with van der Waals surface area (Å²) in [6.07, 6.45) is 0. The van der Waals surface area contributed by atoms with Crippen molar-refractivity contribution in [1.82, 2.24) is 5.32 Å². The number of carbonyl (C=O) groups excluding carboxylic acids is 2. The van der Waals surface area contributed by atoms with E-state index in [1.165, 1.54) is 19.1 Å². The number of hydrogen-bond donors (Lipinski definition) is 2. The Morgan fingerprint density at radius 1 is 1.13 bits per heavy atom. The van der Waals surface area contributed by atoms with E-state index in [1.807, 2.05) is 0 Å². The van der Waals surface area contributed by atoms with Gasteiger partial charge in [-0.25, -0.2) is 4.39 Å². The smallest absolute Gasteiger partial charge is 0.251 e. The predicted octanol–water partition coefficient (Wildman–Crippen LogP) is 2.59. The third-order valence-corrected chi connectivity index (χ3v) is 2.93. The van der Waals surface area contributed by atoms with E-state index in [9.17, 15) is 14.0 Å². The van der Waals surface area contributed by atoms with E-state index in [0.29, 0.717) is 11.3 Å². The number of para-hydroxylation sites is 1. The Morgan fingerprint density at radius 2 is 1.91 bits per heavy atom. The molecule has 0 aromatic heterocycles. The van der Waals surface area contributed by atoms with Crippen molar-refractivity contribution >= 4 is 17.5 Å². The number of rotatable bonds is 6. The molecule has 0 aliphatic rings. The van der Waals surface area contributed by atoms with Crippen LogP contribution in [0.5, 0.6) is 5.75 Å². The summed E-state index contributed by atoms with van der Waals surface area (Å²) in [4.78, 5) is 23.0. The third-order valence-electron chi connectivity index (χ3n) is 2.93. The molecule has 6 heteroatoms. The van der Waals surface area contributed by atoms with E-state index in [1.54, 1.807) is 36.4 Å². The molecule has 0 bridgehead atoms. The molecule has 2 N–H and O–H groups in total. The molecule has 0 aliphatic heterocycles. The number of halogens is 1. The van der Waals surface area contributed by atoms with Gasteiger partial charge in [0.1, 0.15) is 6.61 Å². The lowest BCUT2D eigenvalue weighted by Gasteiger charge is -2.09. The Kier molecular flexibility index (Phi) is 5.68. The fourth-order valence-electron chi connectivity index (χ4n) is 1.93. The SMILES string of the molecule is CC(=O)Nc1cccc(C(=O)NCCOc2ccccc2F)c1. The second-order valence-electron chi connectivity index (χ2n) is 4.80. The predicted molar refractivity (Wildman–Crippen MR) is 85.0 cm³/mol. The molecule has 0 fully saturated rings. The third kappa shape index (κ3) is 5.10. The van der Waals surface area contributed by atoms with Crippen LogP contribution in [0.1, 0.15) is 17.3 Å². The first-order valence-corrected chi connectivity index (χ1v) is 7.09. The lowest BCUT2D eigenvalue weighted by molar-refractivity contribution is -0.114. The lowest BCUT2D eigenvalue weighted by Crippen LogP contribution is -2.28. The minimum atomic E-state index is -0.443. The standard InChI is InChI=1S/C17H17FN2O3/c1-12(21)20-14-6-4-5-13(11-14)17(22)19-9-10-23-16-8-3-2-7-15(16)18/h2-8,11H,9-10H2,1H3,(H,19,22)(H,20,21).